The number of nitrogens with one attached hydrogen (secondary N) is 1. The molecule has 1 aliphatic rings. The van der Waals surface area contributed by atoms with E-state index in [0.717, 1.165) is 24.1 Å². The minimum absolute atomic E-state index is 0.108. The number of aliphatic carboxylic acids is 1. The van der Waals surface area contributed by atoms with Gasteiger partial charge in [0.25, 0.3) is 0 Å². The van der Waals surface area contributed by atoms with Crippen molar-refractivity contribution in [2.45, 2.75) is 45.6 Å². The third-order valence-corrected chi connectivity index (χ3v) is 5.15. The van der Waals surface area contributed by atoms with Gasteiger partial charge in [0.05, 0.1) is 18.4 Å². The van der Waals surface area contributed by atoms with E-state index in [0.29, 0.717) is 19.4 Å². The van der Waals surface area contributed by atoms with Crippen molar-refractivity contribution in [2.75, 3.05) is 0 Å². The van der Waals surface area contributed by atoms with Crippen LogP contribution in [0.25, 0.3) is 0 Å². The minimum atomic E-state index is -0.839. The van der Waals surface area contributed by atoms with Crippen molar-refractivity contribution in [1.29, 1.82) is 0 Å². The number of hydrogen-bond acceptors (Lipinski definition) is 3. The molecule has 1 aliphatic carbocycles. The summed E-state index contributed by atoms with van der Waals surface area (Å²) in [5.41, 5.74) is 0. The van der Waals surface area contributed by atoms with Gasteiger partial charge in [-0.1, -0.05) is 19.8 Å². The zero-order valence-electron chi connectivity index (χ0n) is 11.7. The molecule has 2 atom stereocenters. The molecule has 1 amide bonds. The first kappa shape index (κ1) is 15.0. The van der Waals surface area contributed by atoms with Crippen LogP contribution < -0.4 is 5.32 Å². The summed E-state index contributed by atoms with van der Waals surface area (Å²) < 4.78 is 0. The number of aryl methyl sites for hydroxylation is 1. The van der Waals surface area contributed by atoms with Crippen LogP contribution in [0.3, 0.4) is 0 Å². The number of carbonyl (C=O) groups is 2. The highest BCUT2D eigenvalue weighted by Gasteiger charge is 2.35. The molecule has 2 rings (SSSR count). The molecule has 4 nitrogen and oxygen atoms in total. The van der Waals surface area contributed by atoms with Crippen molar-refractivity contribution in [1.82, 2.24) is 5.32 Å². The second-order valence-corrected chi connectivity index (χ2v) is 6.53. The number of hydrogen-bond donors (Lipinski definition) is 2. The summed E-state index contributed by atoms with van der Waals surface area (Å²) in [6.45, 7) is 2.61. The highest BCUT2D eigenvalue weighted by molar-refractivity contribution is 7.11. The van der Waals surface area contributed by atoms with E-state index < -0.39 is 11.9 Å². The lowest BCUT2D eigenvalue weighted by molar-refractivity contribution is -0.148. The summed E-state index contributed by atoms with van der Waals surface area (Å²) in [6, 6.07) is 4.10. The smallest absolute Gasteiger partial charge is 0.307 e. The van der Waals surface area contributed by atoms with Crippen LogP contribution >= 0.6 is 11.3 Å². The van der Waals surface area contributed by atoms with E-state index in [-0.39, 0.29) is 11.8 Å². The first-order valence-electron chi connectivity index (χ1n) is 7.20. The Balaban J connectivity index is 1.91. The predicted octanol–water partition coefficient (Wildman–Crippen LogP) is 2.82. The van der Waals surface area contributed by atoms with E-state index >= 15 is 0 Å². The van der Waals surface area contributed by atoms with Crippen molar-refractivity contribution in [2.24, 2.45) is 11.8 Å². The quantitative estimate of drug-likeness (QED) is 0.878. The van der Waals surface area contributed by atoms with Crippen molar-refractivity contribution in [3.63, 3.8) is 0 Å². The normalized spacial score (nSPS) is 22.4. The van der Waals surface area contributed by atoms with Gasteiger partial charge in [-0.25, -0.2) is 0 Å². The molecule has 1 fully saturated rings. The predicted molar refractivity (Wildman–Crippen MR) is 78.6 cm³/mol. The van der Waals surface area contributed by atoms with E-state index in [2.05, 4.69) is 18.3 Å². The topological polar surface area (TPSA) is 66.4 Å². The van der Waals surface area contributed by atoms with Crippen molar-refractivity contribution < 1.29 is 14.7 Å². The summed E-state index contributed by atoms with van der Waals surface area (Å²) >= 11 is 1.70. The third kappa shape index (κ3) is 3.60. The Morgan fingerprint density at radius 3 is 2.50 bits per heavy atom. The van der Waals surface area contributed by atoms with E-state index in [4.69, 9.17) is 0 Å². The van der Waals surface area contributed by atoms with Gasteiger partial charge < -0.3 is 10.4 Å². The van der Waals surface area contributed by atoms with Gasteiger partial charge in [-0.05, 0) is 31.4 Å². The zero-order valence-corrected chi connectivity index (χ0v) is 12.5. The van der Waals surface area contributed by atoms with Crippen LogP contribution in [0.15, 0.2) is 12.1 Å². The molecule has 2 unspecified atom stereocenters. The van der Waals surface area contributed by atoms with Gasteiger partial charge >= 0.3 is 5.97 Å². The fourth-order valence-corrected chi connectivity index (χ4v) is 3.65. The molecule has 1 saturated carbocycles. The van der Waals surface area contributed by atoms with Gasteiger partial charge in [-0.2, -0.15) is 0 Å². The summed E-state index contributed by atoms with van der Waals surface area (Å²) in [5, 5.41) is 12.1. The number of rotatable bonds is 5. The maximum Gasteiger partial charge on any atom is 0.307 e. The van der Waals surface area contributed by atoms with Crippen LogP contribution in [0.4, 0.5) is 0 Å². The van der Waals surface area contributed by atoms with Gasteiger partial charge in [0.15, 0.2) is 0 Å². The number of thiophene rings is 1. The van der Waals surface area contributed by atoms with Gasteiger partial charge in [0.1, 0.15) is 0 Å². The lowest BCUT2D eigenvalue weighted by Crippen LogP contribution is -2.39. The second-order valence-electron chi connectivity index (χ2n) is 5.28. The van der Waals surface area contributed by atoms with Crippen LogP contribution in [0.1, 0.15) is 42.4 Å². The lowest BCUT2D eigenvalue weighted by Gasteiger charge is -2.27. The maximum atomic E-state index is 12.2. The molecule has 0 aliphatic heterocycles. The molecule has 5 heteroatoms. The molecule has 110 valence electrons. The third-order valence-electron chi connectivity index (χ3n) is 3.92. The Morgan fingerprint density at radius 2 is 1.90 bits per heavy atom. The van der Waals surface area contributed by atoms with Crippen LogP contribution in [0.5, 0.6) is 0 Å². The number of amides is 1. The molecule has 0 saturated heterocycles. The standard InChI is InChI=1S/C15H21NO3S/c1-2-10-7-8-11(20-10)9-16-14(17)12-5-3-4-6-13(12)15(18)19/h7-8,12-13H,2-6,9H2,1H3,(H,16,17)(H,18,19). The first-order chi connectivity index (χ1) is 9.61. The second kappa shape index (κ2) is 6.88. The van der Waals surface area contributed by atoms with Gasteiger partial charge in [-0.15, -0.1) is 11.3 Å². The Kier molecular flexibility index (Phi) is 5.17. The molecule has 20 heavy (non-hydrogen) atoms. The summed E-state index contributed by atoms with van der Waals surface area (Å²) in [7, 11) is 0. The van der Waals surface area contributed by atoms with Crippen LogP contribution in [-0.2, 0) is 22.6 Å². The maximum absolute atomic E-state index is 12.2. The van der Waals surface area contributed by atoms with Gasteiger partial charge in [0.2, 0.25) is 5.91 Å². The monoisotopic (exact) mass is 295 g/mol. The molecular weight excluding hydrogens is 274 g/mol. The van der Waals surface area contributed by atoms with E-state index in [1.165, 1.54) is 4.88 Å². The average molecular weight is 295 g/mol. The fraction of sp³-hybridized carbons (Fsp3) is 0.600. The fourth-order valence-electron chi connectivity index (χ4n) is 2.75. The number of carbonyl (C=O) groups excluding carboxylic acids is 1. The molecule has 0 bridgehead atoms. The lowest BCUT2D eigenvalue weighted by atomic mass is 9.79. The summed E-state index contributed by atoms with van der Waals surface area (Å²) in [6.07, 6.45) is 4.16. The molecule has 1 aromatic rings. The Hall–Kier alpha value is -1.36. The highest BCUT2D eigenvalue weighted by atomic mass is 32.1. The Labute approximate surface area is 123 Å². The van der Waals surface area contributed by atoms with Crippen LogP contribution in [0, 0.1) is 11.8 Å². The minimum Gasteiger partial charge on any atom is -0.481 e. The summed E-state index contributed by atoms with van der Waals surface area (Å²) in [5.74, 6) is -1.83. The molecule has 0 aromatic carbocycles. The van der Waals surface area contributed by atoms with Gasteiger partial charge in [-0.3, -0.25) is 9.59 Å². The van der Waals surface area contributed by atoms with Crippen molar-refractivity contribution in [3.8, 4) is 0 Å². The highest BCUT2D eigenvalue weighted by Crippen LogP contribution is 2.30. The molecule has 2 N–H and O–H groups in total. The summed E-state index contributed by atoms with van der Waals surface area (Å²) in [4.78, 5) is 25.8. The molecule has 0 spiro atoms. The van der Waals surface area contributed by atoms with E-state index in [1.54, 1.807) is 11.3 Å². The van der Waals surface area contributed by atoms with Crippen LogP contribution in [-0.4, -0.2) is 17.0 Å². The van der Waals surface area contributed by atoms with Crippen molar-refractivity contribution in [3.05, 3.63) is 21.9 Å². The largest absolute Gasteiger partial charge is 0.481 e. The molecule has 1 heterocycles. The molecule has 0 radical (unpaired) electrons. The molecular formula is C15H21NO3S. The van der Waals surface area contributed by atoms with E-state index in [1.807, 2.05) is 6.07 Å². The van der Waals surface area contributed by atoms with Gasteiger partial charge in [0, 0.05) is 9.75 Å². The Morgan fingerprint density at radius 1 is 1.25 bits per heavy atom. The van der Waals surface area contributed by atoms with Crippen LogP contribution in [0.2, 0.25) is 0 Å². The number of carboxylic acids is 1. The SMILES string of the molecule is CCc1ccc(CNC(=O)C2CCCCC2C(=O)O)s1. The zero-order chi connectivity index (χ0) is 14.5. The average Bonchev–Trinajstić information content (AvgIpc) is 2.92. The van der Waals surface area contributed by atoms with Crippen molar-refractivity contribution >= 4 is 23.2 Å². The first-order valence-corrected chi connectivity index (χ1v) is 8.01. The van der Waals surface area contributed by atoms with E-state index in [9.17, 15) is 14.7 Å². The molecule has 1 aromatic heterocycles. The number of carboxylic acid groups (broad SMARTS) is 1. The Bertz CT molecular complexity index is 483.